The minimum absolute atomic E-state index is 1.03. The first kappa shape index (κ1) is 9.24. The van der Waals surface area contributed by atoms with E-state index in [4.69, 9.17) is 0 Å². The Balaban J connectivity index is 1.69. The third-order valence-corrected chi connectivity index (χ3v) is 5.03. The van der Waals surface area contributed by atoms with E-state index >= 15 is 0 Å². The van der Waals surface area contributed by atoms with Crippen molar-refractivity contribution in [2.24, 2.45) is 29.6 Å². The van der Waals surface area contributed by atoms with Gasteiger partial charge in [-0.05, 0) is 68.1 Å². The first-order valence-electron chi connectivity index (χ1n) is 6.70. The van der Waals surface area contributed by atoms with Crippen LogP contribution in [0.2, 0.25) is 0 Å². The molecule has 0 nitrogen and oxygen atoms in total. The maximum Gasteiger partial charge on any atom is -0.0326 e. The smallest absolute Gasteiger partial charge is 0.0326 e. The Kier molecular flexibility index (Phi) is 2.34. The molecule has 0 heteroatoms. The van der Waals surface area contributed by atoms with Crippen LogP contribution in [0.5, 0.6) is 0 Å². The van der Waals surface area contributed by atoms with E-state index in [0.29, 0.717) is 0 Å². The summed E-state index contributed by atoms with van der Waals surface area (Å²) in [6, 6.07) is 0. The lowest BCUT2D eigenvalue weighted by Crippen LogP contribution is -2.45. The van der Waals surface area contributed by atoms with Gasteiger partial charge in [0.2, 0.25) is 0 Å². The van der Waals surface area contributed by atoms with Gasteiger partial charge in [0, 0.05) is 0 Å². The minimum atomic E-state index is 1.03. The van der Waals surface area contributed by atoms with Crippen molar-refractivity contribution >= 4 is 0 Å². The largest absolute Gasteiger partial charge is 0.0654 e. The van der Waals surface area contributed by atoms with Gasteiger partial charge in [0.05, 0.1) is 0 Å². The highest BCUT2D eigenvalue weighted by molar-refractivity contribution is 5.01. The second kappa shape index (κ2) is 3.54. The van der Waals surface area contributed by atoms with Crippen molar-refractivity contribution in [3.63, 3.8) is 0 Å². The Morgan fingerprint density at radius 1 is 0.929 bits per heavy atom. The van der Waals surface area contributed by atoms with Crippen LogP contribution in [0, 0.1) is 36.0 Å². The summed E-state index contributed by atoms with van der Waals surface area (Å²) in [7, 11) is 0. The van der Waals surface area contributed by atoms with Gasteiger partial charge in [0.1, 0.15) is 0 Å². The van der Waals surface area contributed by atoms with Gasteiger partial charge in [-0.15, -0.1) is 0 Å². The minimum Gasteiger partial charge on any atom is -0.0654 e. The fourth-order valence-electron chi connectivity index (χ4n) is 4.71. The van der Waals surface area contributed by atoms with Crippen LogP contribution in [0.3, 0.4) is 0 Å². The molecule has 0 amide bonds. The van der Waals surface area contributed by atoms with E-state index in [2.05, 4.69) is 13.3 Å². The van der Waals surface area contributed by atoms with Gasteiger partial charge < -0.3 is 0 Å². The van der Waals surface area contributed by atoms with E-state index in [1.165, 1.54) is 12.8 Å². The molecule has 4 saturated carbocycles. The first-order valence-corrected chi connectivity index (χ1v) is 6.70. The second-order valence-corrected chi connectivity index (χ2v) is 6.03. The third kappa shape index (κ3) is 1.42. The molecule has 4 aliphatic rings. The van der Waals surface area contributed by atoms with Crippen LogP contribution in [0.25, 0.3) is 0 Å². The fourth-order valence-corrected chi connectivity index (χ4v) is 4.71. The van der Waals surface area contributed by atoms with E-state index in [1.54, 1.807) is 32.1 Å². The van der Waals surface area contributed by atoms with Gasteiger partial charge in [-0.2, -0.15) is 0 Å². The molecule has 4 bridgehead atoms. The molecule has 14 heavy (non-hydrogen) atoms. The van der Waals surface area contributed by atoms with Gasteiger partial charge in [-0.1, -0.05) is 19.8 Å². The second-order valence-electron chi connectivity index (χ2n) is 6.03. The Morgan fingerprint density at radius 3 is 2.00 bits per heavy atom. The molecule has 4 aliphatic carbocycles. The van der Waals surface area contributed by atoms with Crippen LogP contribution in [0.4, 0.5) is 0 Å². The average molecular weight is 191 g/mol. The van der Waals surface area contributed by atoms with E-state index < -0.39 is 0 Å². The van der Waals surface area contributed by atoms with Gasteiger partial charge >= 0.3 is 0 Å². The van der Waals surface area contributed by atoms with E-state index in [9.17, 15) is 0 Å². The van der Waals surface area contributed by atoms with Gasteiger partial charge in [-0.25, -0.2) is 0 Å². The fraction of sp³-hybridized carbons (Fsp3) is 0.929. The molecule has 4 fully saturated rings. The molecule has 0 aromatic carbocycles. The summed E-state index contributed by atoms with van der Waals surface area (Å²) in [5.41, 5.74) is 0. The highest BCUT2D eigenvalue weighted by Crippen LogP contribution is 2.57. The summed E-state index contributed by atoms with van der Waals surface area (Å²) >= 11 is 0. The highest BCUT2D eigenvalue weighted by atomic mass is 14.5. The third-order valence-electron chi connectivity index (χ3n) is 5.03. The zero-order valence-electron chi connectivity index (χ0n) is 9.41. The van der Waals surface area contributed by atoms with Crippen molar-refractivity contribution in [1.82, 2.24) is 0 Å². The number of unbranched alkanes of at least 4 members (excludes halogenated alkanes) is 1. The summed E-state index contributed by atoms with van der Waals surface area (Å²) < 4.78 is 0. The lowest BCUT2D eigenvalue weighted by atomic mass is 9.51. The van der Waals surface area contributed by atoms with Crippen LogP contribution in [-0.4, -0.2) is 0 Å². The molecule has 0 heterocycles. The molecular formula is C14H23. The molecule has 0 atom stereocenters. The average Bonchev–Trinajstić information content (AvgIpc) is 2.15. The summed E-state index contributed by atoms with van der Waals surface area (Å²) in [6.07, 6.45) is 13.3. The normalized spacial score (nSPS) is 49.9. The Morgan fingerprint density at radius 2 is 1.50 bits per heavy atom. The van der Waals surface area contributed by atoms with Gasteiger partial charge in [-0.3, -0.25) is 0 Å². The van der Waals surface area contributed by atoms with Crippen molar-refractivity contribution in [2.45, 2.75) is 51.9 Å². The zero-order valence-corrected chi connectivity index (χ0v) is 9.41. The van der Waals surface area contributed by atoms with Crippen LogP contribution < -0.4 is 0 Å². The lowest BCUT2D eigenvalue weighted by Gasteiger charge is -2.54. The lowest BCUT2D eigenvalue weighted by molar-refractivity contribution is -0.0237. The molecule has 0 aliphatic heterocycles. The summed E-state index contributed by atoms with van der Waals surface area (Å²) in [4.78, 5) is 0. The summed E-state index contributed by atoms with van der Waals surface area (Å²) in [5, 5.41) is 0. The Labute approximate surface area is 88.5 Å². The standard InChI is InChI=1S/C14H23/c1-2-3-4-14-12-6-10-5-11(8-12)9-13(14)7-10/h4,10-14H,2-3,5-9H2,1H3. The van der Waals surface area contributed by atoms with Crippen molar-refractivity contribution in [1.29, 1.82) is 0 Å². The van der Waals surface area contributed by atoms with Gasteiger partial charge in [0.15, 0.2) is 0 Å². The van der Waals surface area contributed by atoms with Crippen molar-refractivity contribution < 1.29 is 0 Å². The number of hydrogen-bond acceptors (Lipinski definition) is 0. The van der Waals surface area contributed by atoms with Crippen LogP contribution in [0.15, 0.2) is 0 Å². The SMILES string of the molecule is CCC[CH]C1C2CC3CC(C2)CC1C3. The Hall–Kier alpha value is 0. The van der Waals surface area contributed by atoms with E-state index in [0.717, 1.165) is 29.6 Å². The molecule has 0 unspecified atom stereocenters. The molecule has 0 aromatic heterocycles. The molecule has 0 aromatic rings. The van der Waals surface area contributed by atoms with Crippen molar-refractivity contribution in [3.05, 3.63) is 6.42 Å². The molecule has 4 rings (SSSR count). The molecule has 1 radical (unpaired) electrons. The van der Waals surface area contributed by atoms with E-state index in [1.807, 2.05) is 0 Å². The predicted molar refractivity (Wildman–Crippen MR) is 59.7 cm³/mol. The van der Waals surface area contributed by atoms with Crippen molar-refractivity contribution in [2.75, 3.05) is 0 Å². The van der Waals surface area contributed by atoms with Crippen molar-refractivity contribution in [3.8, 4) is 0 Å². The predicted octanol–water partition coefficient (Wildman–Crippen LogP) is 4.06. The topological polar surface area (TPSA) is 0 Å². The quantitative estimate of drug-likeness (QED) is 0.631. The van der Waals surface area contributed by atoms with Crippen LogP contribution in [-0.2, 0) is 0 Å². The maximum absolute atomic E-state index is 2.69. The summed E-state index contributed by atoms with van der Waals surface area (Å²) in [6.45, 7) is 2.31. The molecule has 0 saturated heterocycles. The van der Waals surface area contributed by atoms with E-state index in [-0.39, 0.29) is 0 Å². The Bertz CT molecular complexity index is 178. The number of rotatable bonds is 3. The number of hydrogen-bond donors (Lipinski definition) is 0. The monoisotopic (exact) mass is 191 g/mol. The van der Waals surface area contributed by atoms with Gasteiger partial charge in [0.25, 0.3) is 0 Å². The molecule has 0 N–H and O–H groups in total. The molecular weight excluding hydrogens is 168 g/mol. The summed E-state index contributed by atoms with van der Waals surface area (Å²) in [5.74, 6) is 5.53. The first-order chi connectivity index (χ1) is 6.86. The maximum atomic E-state index is 2.69. The zero-order chi connectivity index (χ0) is 9.54. The van der Waals surface area contributed by atoms with Crippen LogP contribution >= 0.6 is 0 Å². The molecule has 0 spiro atoms. The van der Waals surface area contributed by atoms with Crippen LogP contribution in [0.1, 0.15) is 51.9 Å². The molecule has 79 valence electrons. The highest BCUT2D eigenvalue weighted by Gasteiger charge is 2.47.